The molecule has 1 spiro atoms. The third-order valence-electron chi connectivity index (χ3n) is 5.30. The molecule has 5 heteroatoms. The minimum Gasteiger partial charge on any atom is -0.292 e. The molecule has 2 aliphatic rings. The van der Waals surface area contributed by atoms with Crippen molar-refractivity contribution in [3.8, 4) is 0 Å². The molecular formula is C21H21NO3S. The van der Waals surface area contributed by atoms with E-state index in [4.69, 9.17) is 0 Å². The van der Waals surface area contributed by atoms with Crippen LogP contribution in [0.15, 0.2) is 71.3 Å². The van der Waals surface area contributed by atoms with Crippen LogP contribution in [0, 0.1) is 12.3 Å². The molecule has 2 aromatic carbocycles. The Bertz CT molecular complexity index is 972. The molecule has 26 heavy (non-hydrogen) atoms. The van der Waals surface area contributed by atoms with Crippen LogP contribution in [-0.2, 0) is 21.4 Å². The lowest BCUT2D eigenvalue weighted by Crippen LogP contribution is -2.33. The third-order valence-corrected chi connectivity index (χ3v) is 7.07. The van der Waals surface area contributed by atoms with Gasteiger partial charge in [-0.25, -0.2) is 8.42 Å². The predicted molar refractivity (Wildman–Crippen MR) is 99.7 cm³/mol. The fourth-order valence-electron chi connectivity index (χ4n) is 3.43. The predicted octanol–water partition coefficient (Wildman–Crippen LogP) is 3.82. The van der Waals surface area contributed by atoms with Gasteiger partial charge in [0.2, 0.25) is 0 Å². The summed E-state index contributed by atoms with van der Waals surface area (Å²) in [6, 6.07) is 16.2. The summed E-state index contributed by atoms with van der Waals surface area (Å²) in [6.45, 7) is 2.07. The van der Waals surface area contributed by atoms with Gasteiger partial charge in [0.1, 0.15) is 0 Å². The van der Waals surface area contributed by atoms with Gasteiger partial charge in [-0.3, -0.25) is 9.10 Å². The van der Waals surface area contributed by atoms with Gasteiger partial charge in [0.15, 0.2) is 5.78 Å². The quantitative estimate of drug-likeness (QED) is 0.807. The van der Waals surface area contributed by atoms with Crippen molar-refractivity contribution in [1.29, 1.82) is 0 Å². The minimum atomic E-state index is -3.81. The summed E-state index contributed by atoms with van der Waals surface area (Å²) in [4.78, 5) is 13.1. The Morgan fingerprint density at radius 1 is 1.00 bits per heavy atom. The number of ketones is 1. The van der Waals surface area contributed by atoms with Gasteiger partial charge in [-0.05, 0) is 43.9 Å². The fraction of sp³-hybridized carbons (Fsp3) is 0.286. The first-order valence-electron chi connectivity index (χ1n) is 8.81. The van der Waals surface area contributed by atoms with E-state index in [0.29, 0.717) is 12.1 Å². The highest BCUT2D eigenvalue weighted by Crippen LogP contribution is 2.55. The Kier molecular flexibility index (Phi) is 3.99. The molecular weight excluding hydrogens is 346 g/mol. The van der Waals surface area contributed by atoms with Crippen molar-refractivity contribution in [2.24, 2.45) is 5.41 Å². The highest BCUT2D eigenvalue weighted by Gasteiger charge is 2.54. The molecule has 0 amide bonds. The summed E-state index contributed by atoms with van der Waals surface area (Å²) in [5, 5.41) is 0. The summed E-state index contributed by atoms with van der Waals surface area (Å²) in [5.74, 6) is -0.0240. The number of sulfonamides is 1. The van der Waals surface area contributed by atoms with Gasteiger partial charge >= 0.3 is 0 Å². The Labute approximate surface area is 154 Å². The smallest absolute Gasteiger partial charge is 0.264 e. The van der Waals surface area contributed by atoms with Crippen molar-refractivity contribution in [1.82, 2.24) is 4.31 Å². The molecule has 1 saturated carbocycles. The molecule has 0 aromatic heterocycles. The first kappa shape index (κ1) is 17.0. The number of hydrogen-bond donors (Lipinski definition) is 0. The van der Waals surface area contributed by atoms with Crippen LogP contribution in [-0.4, -0.2) is 18.5 Å². The van der Waals surface area contributed by atoms with Gasteiger partial charge in [0.05, 0.1) is 17.1 Å². The summed E-state index contributed by atoms with van der Waals surface area (Å²) in [7, 11) is -3.81. The summed E-state index contributed by atoms with van der Waals surface area (Å²) < 4.78 is 28.0. The largest absolute Gasteiger partial charge is 0.292 e. The Morgan fingerprint density at radius 3 is 2.23 bits per heavy atom. The maximum absolute atomic E-state index is 13.3. The number of rotatable bonds is 5. The van der Waals surface area contributed by atoms with E-state index in [9.17, 15) is 13.2 Å². The van der Waals surface area contributed by atoms with Crippen LogP contribution in [0.25, 0.3) is 0 Å². The average molecular weight is 367 g/mol. The normalized spacial score (nSPS) is 18.0. The molecule has 0 bridgehead atoms. The van der Waals surface area contributed by atoms with Crippen LogP contribution in [0.1, 0.15) is 30.4 Å². The van der Waals surface area contributed by atoms with E-state index in [1.165, 1.54) is 4.31 Å². The van der Waals surface area contributed by atoms with Crippen LogP contribution in [0.2, 0.25) is 0 Å². The number of hydrogen-bond acceptors (Lipinski definition) is 3. The number of carbonyl (C=O) groups is 1. The van der Waals surface area contributed by atoms with E-state index in [1.807, 2.05) is 43.3 Å². The van der Waals surface area contributed by atoms with Gasteiger partial charge in [0.25, 0.3) is 10.0 Å². The molecule has 0 heterocycles. The number of nitrogens with zero attached hydrogens (tertiary/aromatic N) is 1. The van der Waals surface area contributed by atoms with Crippen molar-refractivity contribution in [2.45, 2.75) is 37.6 Å². The van der Waals surface area contributed by atoms with Crippen LogP contribution >= 0.6 is 0 Å². The van der Waals surface area contributed by atoms with Crippen molar-refractivity contribution in [3.63, 3.8) is 0 Å². The van der Waals surface area contributed by atoms with Crippen molar-refractivity contribution in [3.05, 3.63) is 77.5 Å². The highest BCUT2D eigenvalue weighted by atomic mass is 32.2. The minimum absolute atomic E-state index is 0.0240. The molecule has 4 nitrogen and oxygen atoms in total. The van der Waals surface area contributed by atoms with Crippen LogP contribution < -0.4 is 0 Å². The van der Waals surface area contributed by atoms with Crippen LogP contribution in [0.5, 0.6) is 0 Å². The fourth-order valence-corrected chi connectivity index (χ4v) is 4.90. The zero-order valence-corrected chi connectivity index (χ0v) is 15.5. The lowest BCUT2D eigenvalue weighted by atomic mass is 10.0. The molecule has 4 rings (SSSR count). The topological polar surface area (TPSA) is 54.5 Å². The van der Waals surface area contributed by atoms with E-state index in [1.54, 1.807) is 24.3 Å². The van der Waals surface area contributed by atoms with Gasteiger partial charge < -0.3 is 0 Å². The lowest BCUT2D eigenvalue weighted by molar-refractivity contribution is -0.120. The monoisotopic (exact) mass is 367 g/mol. The first-order valence-corrected chi connectivity index (χ1v) is 10.2. The Morgan fingerprint density at radius 2 is 1.65 bits per heavy atom. The number of Topliss-reactive ketones (excluding diaryl/α,β-unsaturated/α-hetero) is 1. The zero-order chi connectivity index (χ0) is 18.4. The second kappa shape index (κ2) is 6.09. The third kappa shape index (κ3) is 2.86. The lowest BCUT2D eigenvalue weighted by Gasteiger charge is -2.25. The summed E-state index contributed by atoms with van der Waals surface area (Å²) >= 11 is 0. The number of allylic oxidation sites excluding steroid dienone is 2. The molecule has 2 aliphatic carbocycles. The van der Waals surface area contributed by atoms with Gasteiger partial charge in [-0.2, -0.15) is 0 Å². The second-order valence-corrected chi connectivity index (χ2v) is 9.08. The second-order valence-electron chi connectivity index (χ2n) is 7.21. The molecule has 0 N–H and O–H groups in total. The molecule has 0 aliphatic heterocycles. The Balaban J connectivity index is 1.75. The molecule has 0 unspecified atom stereocenters. The Hall–Kier alpha value is -2.40. The molecule has 0 atom stereocenters. The molecule has 0 saturated heterocycles. The number of aryl methyl sites for hydroxylation is 1. The SMILES string of the molecule is Cc1ccc(S(=O)(=O)N(Cc2ccccc2)C2=CCC3(CC3)C2=O)cc1. The van der Waals surface area contributed by atoms with E-state index >= 15 is 0 Å². The van der Waals surface area contributed by atoms with Gasteiger partial charge in [0, 0.05) is 5.41 Å². The average Bonchev–Trinajstić information content (AvgIpc) is 3.36. The van der Waals surface area contributed by atoms with Crippen LogP contribution in [0.4, 0.5) is 0 Å². The van der Waals surface area contributed by atoms with E-state index in [2.05, 4.69) is 0 Å². The first-order chi connectivity index (χ1) is 12.4. The van der Waals surface area contributed by atoms with Crippen molar-refractivity contribution >= 4 is 15.8 Å². The maximum Gasteiger partial charge on any atom is 0.264 e. The zero-order valence-electron chi connectivity index (χ0n) is 14.7. The van der Waals surface area contributed by atoms with Crippen molar-refractivity contribution in [2.75, 3.05) is 0 Å². The summed E-state index contributed by atoms with van der Waals surface area (Å²) in [5.41, 5.74) is 1.85. The van der Waals surface area contributed by atoms with E-state index < -0.39 is 10.0 Å². The number of carbonyl (C=O) groups excluding carboxylic acids is 1. The summed E-state index contributed by atoms with van der Waals surface area (Å²) in [6.07, 6.45) is 4.17. The van der Waals surface area contributed by atoms with E-state index in [-0.39, 0.29) is 22.6 Å². The van der Waals surface area contributed by atoms with Crippen LogP contribution in [0.3, 0.4) is 0 Å². The molecule has 2 aromatic rings. The van der Waals surface area contributed by atoms with Crippen molar-refractivity contribution < 1.29 is 13.2 Å². The number of benzene rings is 2. The van der Waals surface area contributed by atoms with Gasteiger partial charge in [-0.1, -0.05) is 54.1 Å². The molecule has 0 radical (unpaired) electrons. The van der Waals surface area contributed by atoms with E-state index in [0.717, 1.165) is 24.0 Å². The molecule has 1 fully saturated rings. The maximum atomic E-state index is 13.3. The van der Waals surface area contributed by atoms with Gasteiger partial charge in [-0.15, -0.1) is 0 Å². The molecule has 134 valence electrons. The highest BCUT2D eigenvalue weighted by molar-refractivity contribution is 7.89. The standard InChI is InChI=1S/C21H21NO3S/c1-16-7-9-18(10-8-16)26(24,25)22(15-17-5-3-2-4-6-17)19-11-12-21(13-14-21)20(19)23/h2-11H,12-15H2,1H3.